The number of ether oxygens (including phenoxy) is 1. The molecule has 2 heteroatoms. The first-order valence-corrected chi connectivity index (χ1v) is 7.09. The van der Waals surface area contributed by atoms with Crippen molar-refractivity contribution in [3.8, 4) is 16.9 Å². The summed E-state index contributed by atoms with van der Waals surface area (Å²) in [5, 5.41) is 0. The topological polar surface area (TPSA) is 26.3 Å². The molecule has 0 radical (unpaired) electrons. The van der Waals surface area contributed by atoms with Gasteiger partial charge in [-0.25, -0.2) is 0 Å². The number of fused-ring (bicyclic) bond motifs is 2. The van der Waals surface area contributed by atoms with Crippen molar-refractivity contribution in [2.45, 2.75) is 12.3 Å². The molecule has 3 aliphatic rings. The van der Waals surface area contributed by atoms with Crippen LogP contribution in [0.2, 0.25) is 0 Å². The number of para-hydroxylation sites is 1. The molecular formula is C19H14O2. The summed E-state index contributed by atoms with van der Waals surface area (Å²) < 4.78 is 5.33. The van der Waals surface area contributed by atoms with Crippen molar-refractivity contribution < 1.29 is 9.53 Å². The molecule has 1 aliphatic heterocycles. The molecule has 0 spiro atoms. The highest BCUT2D eigenvalue weighted by Crippen LogP contribution is 2.38. The van der Waals surface area contributed by atoms with Gasteiger partial charge in [0.2, 0.25) is 0 Å². The Hall–Kier alpha value is -2.61. The first-order chi connectivity index (χ1) is 10.3. The summed E-state index contributed by atoms with van der Waals surface area (Å²) in [6.07, 6.45) is 0.394. The fraction of sp³-hybridized carbons (Fsp3) is 0.105. The lowest BCUT2D eigenvalue weighted by Gasteiger charge is -2.24. The molecule has 1 atom stereocenters. The highest BCUT2D eigenvalue weighted by atomic mass is 16.5. The summed E-state index contributed by atoms with van der Waals surface area (Å²) in [6.45, 7) is 0. The van der Waals surface area contributed by atoms with Gasteiger partial charge >= 0.3 is 5.97 Å². The van der Waals surface area contributed by atoms with Crippen molar-refractivity contribution in [2.75, 3.05) is 0 Å². The van der Waals surface area contributed by atoms with Crippen molar-refractivity contribution in [3.05, 3.63) is 77.9 Å². The lowest BCUT2D eigenvalue weighted by Crippen LogP contribution is -2.20. The van der Waals surface area contributed by atoms with Crippen LogP contribution in [0, 0.1) is 0 Å². The maximum Gasteiger partial charge on any atom is 0.312 e. The van der Waals surface area contributed by atoms with Crippen LogP contribution in [0.3, 0.4) is 0 Å². The summed E-state index contributed by atoms with van der Waals surface area (Å²) in [4.78, 5) is 11.8. The Labute approximate surface area is 123 Å². The van der Waals surface area contributed by atoms with Gasteiger partial charge in [-0.1, -0.05) is 60.7 Å². The minimum Gasteiger partial charge on any atom is -0.426 e. The van der Waals surface area contributed by atoms with Gasteiger partial charge in [-0.3, -0.25) is 4.79 Å². The summed E-state index contributed by atoms with van der Waals surface area (Å²) in [6, 6.07) is 22.5. The first-order valence-electron chi connectivity index (χ1n) is 7.09. The average molecular weight is 274 g/mol. The van der Waals surface area contributed by atoms with E-state index in [1.807, 2.05) is 24.3 Å². The van der Waals surface area contributed by atoms with Crippen LogP contribution in [0.1, 0.15) is 23.5 Å². The van der Waals surface area contributed by atoms with Gasteiger partial charge in [-0.05, 0) is 22.8 Å². The molecule has 1 unspecified atom stereocenters. The van der Waals surface area contributed by atoms with Crippen LogP contribution >= 0.6 is 0 Å². The predicted octanol–water partition coefficient (Wildman–Crippen LogP) is 4.23. The van der Waals surface area contributed by atoms with E-state index in [9.17, 15) is 4.79 Å². The van der Waals surface area contributed by atoms with Crippen LogP contribution in [0.25, 0.3) is 11.1 Å². The molecule has 1 aromatic carbocycles. The molecule has 0 aromatic heterocycles. The zero-order valence-corrected chi connectivity index (χ0v) is 11.5. The third-order valence-electron chi connectivity index (χ3n) is 4.09. The molecule has 1 heterocycles. The van der Waals surface area contributed by atoms with Crippen LogP contribution < -0.4 is 4.74 Å². The number of rotatable bonds is 1. The van der Waals surface area contributed by atoms with Gasteiger partial charge < -0.3 is 4.74 Å². The van der Waals surface area contributed by atoms with E-state index in [1.165, 1.54) is 11.1 Å². The minimum atomic E-state index is -0.163. The van der Waals surface area contributed by atoms with Crippen LogP contribution in [0.5, 0.6) is 5.75 Å². The minimum absolute atomic E-state index is 0.0685. The monoisotopic (exact) mass is 274 g/mol. The molecular weight excluding hydrogens is 260 g/mol. The van der Waals surface area contributed by atoms with E-state index in [2.05, 4.69) is 42.5 Å². The Morgan fingerprint density at radius 1 is 0.810 bits per heavy atom. The molecule has 0 fully saturated rings. The lowest BCUT2D eigenvalue weighted by atomic mass is 9.87. The molecule has 2 nitrogen and oxygen atoms in total. The van der Waals surface area contributed by atoms with Crippen molar-refractivity contribution in [1.82, 2.24) is 0 Å². The SMILES string of the molecule is O=C1CC(c2ccc3cccc-3cc2)c2ccccc2O1. The number of hydrogen-bond donors (Lipinski definition) is 0. The number of carbonyl (C=O) groups excluding carboxylic acids is 1. The normalized spacial score (nSPS) is 17.3. The van der Waals surface area contributed by atoms with Crippen LogP contribution in [-0.2, 0) is 4.79 Å². The van der Waals surface area contributed by atoms with Crippen molar-refractivity contribution in [3.63, 3.8) is 0 Å². The van der Waals surface area contributed by atoms with E-state index >= 15 is 0 Å². The number of benzene rings is 1. The van der Waals surface area contributed by atoms with Crippen LogP contribution in [-0.4, -0.2) is 5.97 Å². The van der Waals surface area contributed by atoms with Crippen molar-refractivity contribution >= 4 is 5.97 Å². The highest BCUT2D eigenvalue weighted by molar-refractivity contribution is 5.77. The smallest absolute Gasteiger partial charge is 0.312 e. The molecule has 0 saturated carbocycles. The molecule has 0 saturated heterocycles. The van der Waals surface area contributed by atoms with Gasteiger partial charge in [0, 0.05) is 11.5 Å². The molecule has 0 N–H and O–H groups in total. The molecule has 0 amide bonds. The Morgan fingerprint density at radius 3 is 2.29 bits per heavy atom. The quantitative estimate of drug-likeness (QED) is 0.490. The van der Waals surface area contributed by atoms with Crippen LogP contribution in [0.4, 0.5) is 0 Å². The third-order valence-corrected chi connectivity index (χ3v) is 4.09. The Bertz CT molecular complexity index is 760. The van der Waals surface area contributed by atoms with Gasteiger partial charge in [0.25, 0.3) is 0 Å². The molecule has 2 aliphatic carbocycles. The molecule has 102 valence electrons. The predicted molar refractivity (Wildman–Crippen MR) is 81.6 cm³/mol. The maximum absolute atomic E-state index is 11.8. The Kier molecular flexibility index (Phi) is 2.74. The van der Waals surface area contributed by atoms with E-state index in [4.69, 9.17) is 4.74 Å². The van der Waals surface area contributed by atoms with Gasteiger partial charge in [0.05, 0.1) is 6.42 Å². The van der Waals surface area contributed by atoms with Crippen molar-refractivity contribution in [2.24, 2.45) is 0 Å². The lowest BCUT2D eigenvalue weighted by molar-refractivity contribution is -0.135. The van der Waals surface area contributed by atoms with Gasteiger partial charge in [-0.15, -0.1) is 0 Å². The zero-order valence-electron chi connectivity index (χ0n) is 11.5. The van der Waals surface area contributed by atoms with Crippen molar-refractivity contribution in [1.29, 1.82) is 0 Å². The summed E-state index contributed by atoms with van der Waals surface area (Å²) in [5.74, 6) is 0.590. The largest absolute Gasteiger partial charge is 0.426 e. The second kappa shape index (κ2) is 4.74. The fourth-order valence-electron chi connectivity index (χ4n) is 3.01. The summed E-state index contributed by atoms with van der Waals surface area (Å²) >= 11 is 0. The first kappa shape index (κ1) is 12.2. The molecule has 21 heavy (non-hydrogen) atoms. The molecule has 1 aromatic rings. The van der Waals surface area contributed by atoms with E-state index < -0.39 is 0 Å². The van der Waals surface area contributed by atoms with Gasteiger partial charge in [-0.2, -0.15) is 0 Å². The standard InChI is InChI=1S/C19H14O2/c20-19-12-17(16-6-1-2-7-18(16)21-19)15-10-8-13-4-3-5-14(13)9-11-15/h1-11,17H,12H2. The second-order valence-electron chi connectivity index (χ2n) is 5.37. The molecule has 0 bridgehead atoms. The van der Waals surface area contributed by atoms with E-state index in [-0.39, 0.29) is 11.9 Å². The third kappa shape index (κ3) is 2.09. The van der Waals surface area contributed by atoms with E-state index in [0.717, 1.165) is 11.1 Å². The second-order valence-corrected chi connectivity index (χ2v) is 5.37. The summed E-state index contributed by atoms with van der Waals surface area (Å²) in [5.41, 5.74) is 4.67. The average Bonchev–Trinajstić information content (AvgIpc) is 2.85. The zero-order chi connectivity index (χ0) is 14.2. The maximum atomic E-state index is 11.8. The van der Waals surface area contributed by atoms with E-state index in [0.29, 0.717) is 12.2 Å². The van der Waals surface area contributed by atoms with Gasteiger partial charge in [0.1, 0.15) is 5.75 Å². The fourth-order valence-corrected chi connectivity index (χ4v) is 3.01. The van der Waals surface area contributed by atoms with Gasteiger partial charge in [0.15, 0.2) is 0 Å². The van der Waals surface area contributed by atoms with E-state index in [1.54, 1.807) is 0 Å². The van der Waals surface area contributed by atoms with Crippen LogP contribution in [0.15, 0.2) is 66.7 Å². The Balaban J connectivity index is 1.85. The molecule has 4 rings (SSSR count). The number of hydrogen-bond acceptors (Lipinski definition) is 2. The number of esters is 1. The Morgan fingerprint density at radius 2 is 1.52 bits per heavy atom. The summed E-state index contributed by atoms with van der Waals surface area (Å²) in [7, 11) is 0. The number of carbonyl (C=O) groups is 1. The highest BCUT2D eigenvalue weighted by Gasteiger charge is 2.27.